The van der Waals surface area contributed by atoms with Crippen molar-refractivity contribution in [3.05, 3.63) is 70.0 Å². The van der Waals surface area contributed by atoms with Gasteiger partial charge < -0.3 is 116 Å². The quantitative estimate of drug-likeness (QED) is 0.0139. The molecular weight excluding hydrogens is 1700 g/mol. The molecule has 8 rings (SSSR count). The van der Waals surface area contributed by atoms with Crippen LogP contribution >= 0.6 is 0 Å². The van der Waals surface area contributed by atoms with Crippen molar-refractivity contribution in [2.24, 2.45) is 40.1 Å². The summed E-state index contributed by atoms with van der Waals surface area (Å²) < 4.78 is 57.8. The van der Waals surface area contributed by atoms with E-state index in [9.17, 15) is 48.3 Å². The van der Waals surface area contributed by atoms with Crippen LogP contribution in [-0.4, -0.2) is 278 Å². The summed E-state index contributed by atoms with van der Waals surface area (Å²) in [6.07, 6.45) is 16.9. The number of phenols is 1. The van der Waals surface area contributed by atoms with E-state index in [0.717, 1.165) is 117 Å². The maximum Gasteiger partial charge on any atom is 0.312 e. The first-order chi connectivity index (χ1) is 63.3. The van der Waals surface area contributed by atoms with Gasteiger partial charge >= 0.3 is 6.03 Å². The first-order valence-corrected chi connectivity index (χ1v) is 48.6. The summed E-state index contributed by atoms with van der Waals surface area (Å²) in [5.41, 5.74) is 15.8. The van der Waals surface area contributed by atoms with E-state index in [2.05, 4.69) is 100.0 Å². The SMILES string of the molecule is CC(C)[C@H](NC(=O)C(CCCCNC(=O)COC1CCCCC/C(NCCOCCOCCOCCOCCC(=O)NCC[N+](C)(C)C)=C\1N)NC(=O)CCOCCOCCOCCOCCNC(=O)COC1C#CCCCCC1)C(=O)N[C@@H](CCCNC(N)=O)C(=O)Nc1ccc2c(c1)[C@@]1(C)CCC[C@](C)(C(=O)NC(=O)[C@@]3(C)CCC[C@]4(C)c5cc(O)ccc5CC[C@@H]34)[C@@H]1CC2. The monoisotopic (exact) mass is 1850 g/mol. The fourth-order valence-electron chi connectivity index (χ4n) is 19.5. The second-order valence-electron chi connectivity index (χ2n) is 38.3. The standard InChI is InChI=1S/C98H157N13O21/c1-69(2)88(91(119)108-79(27-20-44-105-94(100)122)89(117)106-72-33-29-70-31-35-81-95(3,75(70)65-72)39-21-41-97(81,5)92(120)110-93(121)98(6)42-22-40-96(4)76-66-73(112)34-30-71(76)32-36-82(96)98)109-90(118)78(107-84(114)38-50-124-54-58-128-62-64-130-60-56-126-52-47-104-85(115)67-131-74-23-14-11-10-12-15-24-74)26-18-19-43-102-86(116)68-132-80-28-17-13-16-25-77(87(80)99)101-46-51-125-55-59-129-63-61-127-57-53-123-49-37-83(113)103-45-48-111(7,8)9/h29-30,33-34,65-66,69,74,78-82,88,101H,10-14,16-23,25-28,31-32,35-64,67-68,99H2,1-9H3,(H11-,100,102,103,104,105,106,107,108,109,110,112,113,114,115,116,117,118,119,120,121,122)/p+1/b87-77-/t74?,78?,79-,80?,81+,82+,88-,95+,96+,97-,98-/m0/s1. The van der Waals surface area contributed by atoms with Crippen LogP contribution in [0.3, 0.4) is 0 Å². The molecule has 11 amide bonds. The number of quaternary nitrogens is 1. The Morgan fingerprint density at radius 3 is 1.61 bits per heavy atom. The van der Waals surface area contributed by atoms with Crippen molar-refractivity contribution in [3.63, 3.8) is 0 Å². The Hall–Kier alpha value is -8.60. The lowest BCUT2D eigenvalue weighted by Crippen LogP contribution is -2.60. The van der Waals surface area contributed by atoms with Crippen LogP contribution in [0.25, 0.3) is 0 Å². The first-order valence-electron chi connectivity index (χ1n) is 48.6. The molecule has 2 aromatic rings. The Labute approximate surface area is 782 Å². The van der Waals surface area contributed by atoms with E-state index < -0.39 is 76.1 Å². The second kappa shape index (κ2) is 56.7. The van der Waals surface area contributed by atoms with E-state index in [0.29, 0.717) is 175 Å². The van der Waals surface area contributed by atoms with Crippen molar-refractivity contribution in [2.45, 2.75) is 256 Å². The number of likely N-dealkylation sites (N-methyl/N-ethyl adjacent to an activating group) is 1. The van der Waals surface area contributed by atoms with Crippen molar-refractivity contribution in [3.8, 4) is 17.6 Å². The maximum absolute atomic E-state index is 15.1. The zero-order valence-electron chi connectivity index (χ0n) is 80.4. The number of urea groups is 1. The Morgan fingerprint density at radius 2 is 1.01 bits per heavy atom. The van der Waals surface area contributed by atoms with Crippen LogP contribution in [0.5, 0.6) is 5.75 Å². The molecule has 11 atom stereocenters. The molecule has 740 valence electrons. The molecule has 0 saturated heterocycles. The number of aryl methyl sites for hydroxylation is 2. The van der Waals surface area contributed by atoms with E-state index in [4.69, 9.17) is 58.8 Å². The molecule has 0 aromatic heterocycles. The highest BCUT2D eigenvalue weighted by Gasteiger charge is 2.59. The summed E-state index contributed by atoms with van der Waals surface area (Å²) in [6.45, 7) is 19.2. The van der Waals surface area contributed by atoms with Gasteiger partial charge in [0, 0.05) is 56.8 Å². The van der Waals surface area contributed by atoms with Gasteiger partial charge in [-0.3, -0.25) is 48.5 Å². The Kier molecular flexibility index (Phi) is 46.7. The van der Waals surface area contributed by atoms with Crippen molar-refractivity contribution in [1.82, 2.24) is 47.9 Å². The first kappa shape index (κ1) is 109. The smallest absolute Gasteiger partial charge is 0.312 e. The number of primary amides is 1. The number of phenolic OH excluding ortho intramolecular Hbond substituents is 1. The van der Waals surface area contributed by atoms with Gasteiger partial charge in [-0.25, -0.2) is 4.79 Å². The van der Waals surface area contributed by atoms with E-state index in [-0.39, 0.29) is 137 Å². The number of ether oxygens (including phenoxy) is 10. The number of hydrogen-bond acceptors (Lipinski definition) is 23. The maximum atomic E-state index is 15.1. The number of fused-ring (bicyclic) bond motifs is 6. The molecule has 132 heavy (non-hydrogen) atoms. The third-order valence-electron chi connectivity index (χ3n) is 26.9. The Balaban J connectivity index is 0.814. The minimum absolute atomic E-state index is 0.00560. The summed E-state index contributed by atoms with van der Waals surface area (Å²) in [5, 5.41) is 40.0. The molecule has 0 aliphatic heterocycles. The number of aromatic hydroxyl groups is 1. The number of allylic oxidation sites excluding steroid dienone is 1. The van der Waals surface area contributed by atoms with Crippen LogP contribution in [0.2, 0.25) is 0 Å². The normalized spacial score (nSPS) is 23.0. The van der Waals surface area contributed by atoms with Crippen molar-refractivity contribution in [1.29, 1.82) is 0 Å². The summed E-state index contributed by atoms with van der Waals surface area (Å²) >= 11 is 0. The molecule has 0 radical (unpaired) electrons. The molecule has 34 nitrogen and oxygen atoms in total. The van der Waals surface area contributed by atoms with Crippen molar-refractivity contribution >= 4 is 64.9 Å². The number of unbranched alkanes of at least 4 members (excludes halogenated alkanes) is 1. The van der Waals surface area contributed by atoms with Crippen LogP contribution in [0.15, 0.2) is 47.8 Å². The lowest BCUT2D eigenvalue weighted by molar-refractivity contribution is -0.869. The predicted molar refractivity (Wildman–Crippen MR) is 500 cm³/mol. The number of nitrogens with zero attached hydrogens (tertiary/aromatic N) is 1. The minimum atomic E-state index is -1.22. The van der Waals surface area contributed by atoms with Gasteiger partial charge in [-0.2, -0.15) is 0 Å². The summed E-state index contributed by atoms with van der Waals surface area (Å²) in [4.78, 5) is 138. The molecular formula is C98H158N13O21+. The number of carbonyl (C=O) groups is 10. The fourth-order valence-corrected chi connectivity index (χ4v) is 19.5. The molecule has 6 aliphatic carbocycles. The fraction of sp³-hybridized carbons (Fsp3) is 0.735. The highest BCUT2D eigenvalue weighted by atomic mass is 16.6. The molecule has 0 bridgehead atoms. The average molecular weight is 1850 g/mol. The van der Waals surface area contributed by atoms with Crippen LogP contribution in [-0.2, 0) is 114 Å². The molecule has 2 saturated carbocycles. The van der Waals surface area contributed by atoms with E-state index in [1.165, 1.54) is 5.56 Å². The molecule has 6 aliphatic rings. The molecule has 3 unspecified atom stereocenters. The van der Waals surface area contributed by atoms with Crippen molar-refractivity contribution in [2.75, 3.05) is 185 Å². The van der Waals surface area contributed by atoms with Gasteiger partial charge in [0.2, 0.25) is 53.2 Å². The van der Waals surface area contributed by atoms with Gasteiger partial charge in [0.15, 0.2) is 0 Å². The molecule has 2 aromatic carbocycles. The lowest BCUT2D eigenvalue weighted by atomic mass is 9.49. The highest BCUT2D eigenvalue weighted by molar-refractivity contribution is 6.01. The summed E-state index contributed by atoms with van der Waals surface area (Å²) in [6, 6.07) is 7.02. The number of nitrogens with one attached hydrogen (secondary N) is 10. The van der Waals surface area contributed by atoms with Gasteiger partial charge in [-0.1, -0.05) is 91.7 Å². The number of carbonyl (C=O) groups excluding carboxylic acids is 10. The minimum Gasteiger partial charge on any atom is -0.508 e. The van der Waals surface area contributed by atoms with E-state index >= 15 is 4.79 Å². The van der Waals surface area contributed by atoms with Gasteiger partial charge in [-0.05, 0) is 197 Å². The summed E-state index contributed by atoms with van der Waals surface area (Å²) in [7, 11) is 6.23. The number of nitrogens with two attached hydrogens (primary N) is 2. The van der Waals surface area contributed by atoms with Gasteiger partial charge in [0.1, 0.15) is 43.2 Å². The molecule has 34 heteroatoms. The molecule has 0 spiro atoms. The average Bonchev–Trinajstić information content (AvgIpc) is 0.720. The lowest BCUT2D eigenvalue weighted by Gasteiger charge is -2.56. The van der Waals surface area contributed by atoms with Crippen LogP contribution in [0.1, 0.15) is 224 Å². The number of rotatable bonds is 59. The largest absolute Gasteiger partial charge is 0.508 e. The van der Waals surface area contributed by atoms with E-state index in [1.54, 1.807) is 19.9 Å². The third kappa shape index (κ3) is 35.9. The number of amides is 11. The Morgan fingerprint density at radius 1 is 0.492 bits per heavy atom. The van der Waals surface area contributed by atoms with E-state index in [1.807, 2.05) is 44.2 Å². The molecule has 15 N–H and O–H groups in total. The van der Waals surface area contributed by atoms with Gasteiger partial charge in [-0.15, -0.1) is 5.92 Å². The number of imide groups is 1. The zero-order valence-corrected chi connectivity index (χ0v) is 80.4. The second-order valence-corrected chi connectivity index (χ2v) is 38.3. The van der Waals surface area contributed by atoms with Gasteiger partial charge in [0.25, 0.3) is 0 Å². The van der Waals surface area contributed by atoms with Crippen molar-refractivity contribution < 1.29 is 105 Å². The van der Waals surface area contributed by atoms with Gasteiger partial charge in [0.05, 0.1) is 163 Å². The molecule has 0 heterocycles. The third-order valence-corrected chi connectivity index (χ3v) is 26.9. The van der Waals surface area contributed by atoms with Crippen LogP contribution in [0, 0.1) is 40.4 Å². The number of anilines is 1. The predicted octanol–water partition coefficient (Wildman–Crippen LogP) is 6.85. The van der Waals surface area contributed by atoms with Crippen LogP contribution in [0.4, 0.5) is 10.5 Å². The molecule has 2 fully saturated rings. The van der Waals surface area contributed by atoms with Crippen LogP contribution < -0.4 is 64.6 Å². The number of benzene rings is 2. The summed E-state index contributed by atoms with van der Waals surface area (Å²) in [5.74, 6) is 2.12. The Bertz CT molecular complexity index is 4100. The zero-order chi connectivity index (χ0) is 95.4. The highest BCUT2D eigenvalue weighted by Crippen LogP contribution is 2.60. The topological polar surface area (TPSA) is 456 Å². The number of hydrogen-bond donors (Lipinski definition) is 13.